The maximum absolute atomic E-state index is 13.7. The molecule has 3 nitrogen and oxygen atoms in total. The minimum atomic E-state index is -0.0980. The van der Waals surface area contributed by atoms with Crippen LogP contribution in [0.25, 0.3) is 10.2 Å². The molecule has 0 N–H and O–H groups in total. The van der Waals surface area contributed by atoms with Crippen molar-refractivity contribution in [2.45, 2.75) is 44.1 Å². The summed E-state index contributed by atoms with van der Waals surface area (Å²) in [5.41, 5.74) is 3.28. The molecule has 1 aliphatic heterocycles. The number of piperidine rings is 1. The van der Waals surface area contributed by atoms with Crippen LogP contribution in [0.15, 0.2) is 85.5 Å². The Balaban J connectivity index is 1.49. The van der Waals surface area contributed by atoms with Crippen LogP contribution in [0.4, 0.5) is 0 Å². The molecule has 6 heteroatoms. The summed E-state index contributed by atoms with van der Waals surface area (Å²) in [6.45, 7) is 6.69. The molecule has 2 heterocycles. The lowest BCUT2D eigenvalue weighted by atomic mass is 9.76. The van der Waals surface area contributed by atoms with Gasteiger partial charge in [0, 0.05) is 34.3 Å². The maximum Gasteiger partial charge on any atom is 0.225 e. The zero-order chi connectivity index (χ0) is 25.9. The van der Waals surface area contributed by atoms with Crippen LogP contribution in [-0.4, -0.2) is 22.3 Å². The van der Waals surface area contributed by atoms with Crippen molar-refractivity contribution in [3.63, 3.8) is 0 Å². The Morgan fingerprint density at radius 2 is 1.84 bits per heavy atom. The molecule has 1 aliphatic rings. The van der Waals surface area contributed by atoms with Crippen molar-refractivity contribution in [2.24, 2.45) is 5.92 Å². The van der Waals surface area contributed by atoms with Crippen LogP contribution in [0, 0.1) is 5.92 Å². The fraction of sp³-hybridized carbons (Fsp3) is 0.290. The zero-order valence-electron chi connectivity index (χ0n) is 20.8. The minimum Gasteiger partial charge on any atom is -0.335 e. The number of halogens is 2. The summed E-state index contributed by atoms with van der Waals surface area (Å²) in [5, 5.41) is 2.50. The van der Waals surface area contributed by atoms with Gasteiger partial charge in [0.05, 0.1) is 21.3 Å². The Labute approximate surface area is 232 Å². The monoisotopic (exact) mass is 548 g/mol. The van der Waals surface area contributed by atoms with Gasteiger partial charge in [-0.2, -0.15) is 0 Å². The highest BCUT2D eigenvalue weighted by molar-refractivity contribution is 7.18. The third-order valence-electron chi connectivity index (χ3n) is 7.35. The van der Waals surface area contributed by atoms with E-state index >= 15 is 0 Å². The second-order valence-electron chi connectivity index (χ2n) is 9.86. The van der Waals surface area contributed by atoms with Gasteiger partial charge in [-0.15, -0.1) is 17.9 Å². The molecule has 0 radical (unpaired) electrons. The molecule has 190 valence electrons. The summed E-state index contributed by atoms with van der Waals surface area (Å²) < 4.78 is 1.19. The van der Waals surface area contributed by atoms with Crippen molar-refractivity contribution in [1.29, 1.82) is 0 Å². The van der Waals surface area contributed by atoms with Gasteiger partial charge >= 0.3 is 0 Å². The van der Waals surface area contributed by atoms with Gasteiger partial charge in [0.25, 0.3) is 0 Å². The summed E-state index contributed by atoms with van der Waals surface area (Å²) >= 11 is 14.4. The highest BCUT2D eigenvalue weighted by Crippen LogP contribution is 2.46. The number of hydrogen-bond acceptors (Lipinski definition) is 3. The molecule has 0 saturated carbocycles. The molecule has 37 heavy (non-hydrogen) atoms. The van der Waals surface area contributed by atoms with Gasteiger partial charge in [0.1, 0.15) is 0 Å². The molecule has 1 amide bonds. The van der Waals surface area contributed by atoms with Gasteiger partial charge in [0.2, 0.25) is 5.91 Å². The molecule has 3 aromatic carbocycles. The van der Waals surface area contributed by atoms with E-state index in [-0.39, 0.29) is 29.7 Å². The molecule has 4 aromatic rings. The Kier molecular flexibility index (Phi) is 7.99. The van der Waals surface area contributed by atoms with Crippen molar-refractivity contribution in [3.8, 4) is 0 Å². The average molecular weight is 550 g/mol. The molecule has 0 aliphatic carbocycles. The van der Waals surface area contributed by atoms with E-state index in [1.165, 1.54) is 4.70 Å². The normalized spacial score (nSPS) is 20.8. The van der Waals surface area contributed by atoms with Crippen LogP contribution >= 0.6 is 34.5 Å². The fourth-order valence-corrected chi connectivity index (χ4v) is 6.97. The Morgan fingerprint density at radius 1 is 1.05 bits per heavy atom. The Hall–Kier alpha value is -2.66. The van der Waals surface area contributed by atoms with Gasteiger partial charge < -0.3 is 4.90 Å². The fourth-order valence-electron chi connectivity index (χ4n) is 5.53. The first-order valence-corrected chi connectivity index (χ1v) is 14.3. The second kappa shape index (κ2) is 11.4. The van der Waals surface area contributed by atoms with Crippen LogP contribution in [0.3, 0.4) is 0 Å². The van der Waals surface area contributed by atoms with Crippen molar-refractivity contribution >= 4 is 50.7 Å². The lowest BCUT2D eigenvalue weighted by molar-refractivity contribution is -0.142. The molecule has 5 rings (SSSR count). The molecular formula is C31H30Cl2N2OS. The highest BCUT2D eigenvalue weighted by atomic mass is 35.5. The number of aromatic nitrogens is 1. The molecule has 4 atom stereocenters. The minimum absolute atomic E-state index is 0.0761. The third-order valence-corrected chi connectivity index (χ3v) is 9.03. The van der Waals surface area contributed by atoms with Crippen molar-refractivity contribution in [3.05, 3.63) is 112 Å². The number of nitrogens with zero attached hydrogens (tertiary/aromatic N) is 2. The summed E-state index contributed by atoms with van der Waals surface area (Å²) in [4.78, 5) is 20.7. The van der Waals surface area contributed by atoms with E-state index in [2.05, 4.69) is 41.8 Å². The molecule has 0 spiro atoms. The number of benzene rings is 3. The predicted molar refractivity (Wildman–Crippen MR) is 156 cm³/mol. The van der Waals surface area contributed by atoms with E-state index in [0.29, 0.717) is 16.6 Å². The van der Waals surface area contributed by atoms with Crippen LogP contribution in [0.5, 0.6) is 0 Å². The SMILES string of the molecule is C=CC[C@H](CCN1C(=O)C(C)CC(c2cccc(Cl)c2)C1c1ccc(Cl)cc1)c1nc2ccccc2s1. The molecule has 3 unspecified atom stereocenters. The molecule has 1 aromatic heterocycles. The van der Waals surface area contributed by atoms with Gasteiger partial charge in [-0.05, 0) is 66.8 Å². The van der Waals surface area contributed by atoms with Gasteiger partial charge in [-0.1, -0.05) is 72.6 Å². The van der Waals surface area contributed by atoms with Crippen LogP contribution in [0.2, 0.25) is 10.0 Å². The number of carbonyl (C=O) groups is 1. The summed E-state index contributed by atoms with van der Waals surface area (Å²) in [7, 11) is 0. The summed E-state index contributed by atoms with van der Waals surface area (Å²) in [6.07, 6.45) is 4.37. The van der Waals surface area contributed by atoms with Crippen LogP contribution in [0.1, 0.15) is 60.2 Å². The Bertz CT molecular complexity index is 1370. The quantitative estimate of drug-likeness (QED) is 0.206. The van der Waals surface area contributed by atoms with Crippen molar-refractivity contribution < 1.29 is 4.79 Å². The van der Waals surface area contributed by atoms with Gasteiger partial charge in [-0.25, -0.2) is 4.98 Å². The topological polar surface area (TPSA) is 33.2 Å². The predicted octanol–water partition coefficient (Wildman–Crippen LogP) is 9.05. The lowest BCUT2D eigenvalue weighted by Crippen LogP contribution is -2.46. The van der Waals surface area contributed by atoms with E-state index in [4.69, 9.17) is 28.2 Å². The summed E-state index contributed by atoms with van der Waals surface area (Å²) in [6, 6.07) is 24.1. The molecule has 1 saturated heterocycles. The molecular weight excluding hydrogens is 519 g/mol. The standard InChI is InChI=1S/C31H30Cl2N2OS/c1-3-7-22(30-34-27-10-4-5-11-28(27)37-30)16-17-35-29(21-12-14-24(32)15-13-21)26(18-20(2)31(35)36)23-8-6-9-25(33)19-23/h3-6,8-15,19-20,22,26,29H,1,7,16-18H2,2H3/t20?,22-,26?,29?/m1/s1. The van der Waals surface area contributed by atoms with Gasteiger partial charge in [-0.3, -0.25) is 4.79 Å². The summed E-state index contributed by atoms with van der Waals surface area (Å²) in [5.74, 6) is 0.455. The number of carbonyl (C=O) groups excluding carboxylic acids is 1. The maximum atomic E-state index is 13.7. The van der Waals surface area contributed by atoms with Crippen LogP contribution in [-0.2, 0) is 4.79 Å². The number of fused-ring (bicyclic) bond motifs is 1. The van der Waals surface area contributed by atoms with E-state index in [0.717, 1.165) is 40.9 Å². The van der Waals surface area contributed by atoms with E-state index in [1.807, 2.05) is 55.5 Å². The molecule has 1 fully saturated rings. The first-order valence-electron chi connectivity index (χ1n) is 12.7. The zero-order valence-corrected chi connectivity index (χ0v) is 23.1. The molecule has 0 bridgehead atoms. The number of amides is 1. The van der Waals surface area contributed by atoms with Crippen LogP contribution < -0.4 is 0 Å². The van der Waals surface area contributed by atoms with Crippen molar-refractivity contribution in [1.82, 2.24) is 9.88 Å². The second-order valence-corrected chi connectivity index (χ2v) is 11.8. The first kappa shape index (κ1) is 26.0. The lowest BCUT2D eigenvalue weighted by Gasteiger charge is -2.45. The van der Waals surface area contributed by atoms with Gasteiger partial charge in [0.15, 0.2) is 0 Å². The first-order chi connectivity index (χ1) is 17.9. The number of allylic oxidation sites excluding steroid dienone is 1. The largest absolute Gasteiger partial charge is 0.335 e. The third kappa shape index (κ3) is 5.62. The van der Waals surface area contributed by atoms with E-state index in [9.17, 15) is 4.79 Å². The smallest absolute Gasteiger partial charge is 0.225 e. The number of rotatable bonds is 8. The number of hydrogen-bond donors (Lipinski definition) is 0. The highest BCUT2D eigenvalue weighted by Gasteiger charge is 2.41. The van der Waals surface area contributed by atoms with E-state index in [1.54, 1.807) is 11.3 Å². The van der Waals surface area contributed by atoms with E-state index < -0.39 is 0 Å². The Morgan fingerprint density at radius 3 is 2.57 bits per heavy atom. The number of likely N-dealkylation sites (tertiary alicyclic amines) is 1. The average Bonchev–Trinajstić information content (AvgIpc) is 3.33. The number of thiazole rings is 1. The van der Waals surface area contributed by atoms with Crippen molar-refractivity contribution in [2.75, 3.05) is 6.54 Å². The number of para-hydroxylation sites is 1.